The van der Waals surface area contributed by atoms with Crippen molar-refractivity contribution in [1.29, 1.82) is 0 Å². The van der Waals surface area contributed by atoms with Gasteiger partial charge in [0.1, 0.15) is 0 Å². The van der Waals surface area contributed by atoms with E-state index in [9.17, 15) is 9.59 Å². The smallest absolute Gasteiger partial charge is 0.379 e. The summed E-state index contributed by atoms with van der Waals surface area (Å²) >= 11 is 0. The molecule has 6 heteroatoms. The fourth-order valence-electron chi connectivity index (χ4n) is 3.28. The third-order valence-electron chi connectivity index (χ3n) is 4.59. The number of Topliss-reactive ketones (excluding diaryl/α,β-unsaturated/α-hetero) is 1. The lowest BCUT2D eigenvalue weighted by atomic mass is 10.1. The number of hydrogen-bond acceptors (Lipinski definition) is 5. The summed E-state index contributed by atoms with van der Waals surface area (Å²) in [6, 6.07) is 5.87. The molecule has 1 saturated heterocycles. The van der Waals surface area contributed by atoms with Gasteiger partial charge in [0, 0.05) is 44.4 Å². The predicted molar refractivity (Wildman–Crippen MR) is 94.7 cm³/mol. The molecule has 0 N–H and O–H groups in total. The van der Waals surface area contributed by atoms with E-state index < -0.39 is 11.8 Å². The van der Waals surface area contributed by atoms with Crippen molar-refractivity contribution in [3.63, 3.8) is 0 Å². The number of benzene rings is 1. The lowest BCUT2D eigenvalue weighted by Crippen LogP contribution is -2.20. The highest BCUT2D eigenvalue weighted by Crippen LogP contribution is 2.28. The van der Waals surface area contributed by atoms with Gasteiger partial charge >= 0.3 is 5.97 Å². The summed E-state index contributed by atoms with van der Waals surface area (Å²) in [6.45, 7) is 4.55. The summed E-state index contributed by atoms with van der Waals surface area (Å²) in [5.74, 6) is -1.40. The van der Waals surface area contributed by atoms with Crippen molar-refractivity contribution in [1.82, 2.24) is 9.47 Å². The zero-order valence-corrected chi connectivity index (χ0v) is 14.8. The van der Waals surface area contributed by atoms with E-state index in [1.807, 2.05) is 12.1 Å². The van der Waals surface area contributed by atoms with Gasteiger partial charge in [0.15, 0.2) is 0 Å². The molecule has 2 aliphatic heterocycles. The van der Waals surface area contributed by atoms with Crippen molar-refractivity contribution in [2.24, 2.45) is 0 Å². The summed E-state index contributed by atoms with van der Waals surface area (Å²) in [7, 11) is 3.30. The minimum absolute atomic E-state index is 0.429. The van der Waals surface area contributed by atoms with E-state index in [-0.39, 0.29) is 0 Å². The molecular formula is C19H24N2O4. The normalized spacial score (nSPS) is 16.9. The Bertz CT molecular complexity index is 769. The first-order valence-electron chi connectivity index (χ1n) is 8.61. The molecule has 0 aliphatic carbocycles. The van der Waals surface area contributed by atoms with E-state index in [0.29, 0.717) is 5.56 Å². The van der Waals surface area contributed by atoms with Crippen LogP contribution in [0.4, 0.5) is 0 Å². The molecular weight excluding hydrogens is 320 g/mol. The Morgan fingerprint density at radius 2 is 1.92 bits per heavy atom. The molecule has 0 saturated carbocycles. The number of esters is 1. The Kier molecular flexibility index (Phi) is 5.50. The van der Waals surface area contributed by atoms with Gasteiger partial charge in [0.2, 0.25) is 0 Å². The van der Waals surface area contributed by atoms with Crippen molar-refractivity contribution in [3.8, 4) is 0 Å². The summed E-state index contributed by atoms with van der Waals surface area (Å²) in [5.41, 5.74) is 2.65. The van der Waals surface area contributed by atoms with Gasteiger partial charge < -0.3 is 18.9 Å². The average Bonchev–Trinajstić information content (AvgIpc) is 3.27. The van der Waals surface area contributed by atoms with E-state index in [0.717, 1.165) is 43.8 Å². The number of ether oxygens (including phenoxy) is 2. The summed E-state index contributed by atoms with van der Waals surface area (Å²) in [6.07, 6.45) is 4.33. The van der Waals surface area contributed by atoms with Gasteiger partial charge in [-0.2, -0.15) is 0 Å². The summed E-state index contributed by atoms with van der Waals surface area (Å²) in [4.78, 5) is 25.8. The molecule has 6 nitrogen and oxygen atoms in total. The lowest BCUT2D eigenvalue weighted by Gasteiger charge is -2.12. The van der Waals surface area contributed by atoms with Crippen molar-refractivity contribution in [3.05, 3.63) is 35.5 Å². The number of methoxy groups -OCH3 is 1. The second-order valence-electron chi connectivity index (χ2n) is 6.43. The maximum Gasteiger partial charge on any atom is 0.379 e. The number of likely N-dealkylation sites (N-methyl/N-ethyl adjacent to an activating group) is 1. The molecule has 0 unspecified atom stereocenters. The van der Waals surface area contributed by atoms with E-state index in [4.69, 9.17) is 4.74 Å². The van der Waals surface area contributed by atoms with Crippen LogP contribution in [0.15, 0.2) is 24.4 Å². The molecule has 1 aromatic heterocycles. The average molecular weight is 344 g/mol. The lowest BCUT2D eigenvalue weighted by molar-refractivity contribution is -0.135. The quantitative estimate of drug-likeness (QED) is 0.475. The van der Waals surface area contributed by atoms with Crippen molar-refractivity contribution in [2.75, 3.05) is 33.9 Å². The third-order valence-corrected chi connectivity index (χ3v) is 4.59. The van der Waals surface area contributed by atoms with E-state index in [2.05, 4.69) is 27.3 Å². The number of aromatic nitrogens is 1. The number of para-hydroxylation sites is 1. The van der Waals surface area contributed by atoms with Gasteiger partial charge in [-0.25, -0.2) is 4.79 Å². The minimum atomic E-state index is -0.816. The van der Waals surface area contributed by atoms with Gasteiger partial charge in [-0.3, -0.25) is 4.79 Å². The van der Waals surface area contributed by atoms with E-state index in [1.54, 1.807) is 6.20 Å². The van der Waals surface area contributed by atoms with Crippen LogP contribution in [0, 0.1) is 0 Å². The highest BCUT2D eigenvalue weighted by atomic mass is 16.5. The van der Waals surface area contributed by atoms with Crippen molar-refractivity contribution >= 4 is 22.7 Å². The van der Waals surface area contributed by atoms with Crippen LogP contribution >= 0.6 is 0 Å². The molecule has 3 heterocycles. The number of carbonyl (C=O) groups excluding carboxylic acids is 2. The van der Waals surface area contributed by atoms with Crippen LogP contribution in [-0.4, -0.2) is 55.1 Å². The molecule has 1 fully saturated rings. The summed E-state index contributed by atoms with van der Waals surface area (Å²) < 4.78 is 11.5. The second-order valence-corrected chi connectivity index (χ2v) is 6.43. The highest BCUT2D eigenvalue weighted by Gasteiger charge is 2.24. The van der Waals surface area contributed by atoms with E-state index in [1.165, 1.54) is 25.5 Å². The van der Waals surface area contributed by atoms with Gasteiger partial charge in [0.05, 0.1) is 18.2 Å². The highest BCUT2D eigenvalue weighted by molar-refractivity contribution is 6.43. The van der Waals surface area contributed by atoms with Crippen LogP contribution in [0.1, 0.15) is 28.8 Å². The summed E-state index contributed by atoms with van der Waals surface area (Å²) in [5, 5.41) is 0.827. The van der Waals surface area contributed by atoms with Gasteiger partial charge in [0.25, 0.3) is 5.78 Å². The first-order chi connectivity index (χ1) is 12.1. The molecule has 0 bridgehead atoms. The third kappa shape index (κ3) is 3.75. The second kappa shape index (κ2) is 7.80. The Morgan fingerprint density at radius 1 is 1.16 bits per heavy atom. The zero-order valence-electron chi connectivity index (χ0n) is 14.8. The van der Waals surface area contributed by atoms with Gasteiger partial charge in [-0.1, -0.05) is 18.2 Å². The van der Waals surface area contributed by atoms with Crippen LogP contribution in [-0.2, 0) is 27.4 Å². The monoisotopic (exact) mass is 344 g/mol. The van der Waals surface area contributed by atoms with Crippen LogP contribution in [0.5, 0.6) is 0 Å². The largest absolute Gasteiger partial charge is 0.463 e. The van der Waals surface area contributed by atoms with Gasteiger partial charge in [-0.15, -0.1) is 0 Å². The molecule has 134 valence electrons. The Labute approximate surface area is 147 Å². The molecule has 0 atom stereocenters. The minimum Gasteiger partial charge on any atom is -0.463 e. The number of ketones is 1. The number of hydrogen-bond donors (Lipinski definition) is 0. The molecule has 0 amide bonds. The number of carbonyl (C=O) groups is 2. The molecule has 2 aliphatic rings. The van der Waals surface area contributed by atoms with Crippen molar-refractivity contribution in [2.45, 2.75) is 25.9 Å². The van der Waals surface area contributed by atoms with Gasteiger partial charge in [-0.05, 0) is 25.5 Å². The molecule has 0 spiro atoms. The first-order valence-corrected chi connectivity index (χ1v) is 8.61. The topological polar surface area (TPSA) is 60.8 Å². The van der Waals surface area contributed by atoms with Crippen molar-refractivity contribution < 1.29 is 19.1 Å². The molecule has 0 radical (unpaired) electrons. The Balaban J connectivity index is 0.000000314. The number of rotatable bonds is 2. The van der Waals surface area contributed by atoms with Crippen LogP contribution in [0.2, 0.25) is 0 Å². The maximum atomic E-state index is 12.1. The Morgan fingerprint density at radius 3 is 2.56 bits per heavy atom. The fourth-order valence-corrected chi connectivity index (χ4v) is 3.28. The Hall–Kier alpha value is -2.18. The van der Waals surface area contributed by atoms with E-state index >= 15 is 0 Å². The fraction of sp³-hybridized carbons (Fsp3) is 0.474. The molecule has 25 heavy (non-hydrogen) atoms. The standard InChI is InChI=1S/C15H16N2O3.C4H8O/c1-16-6-7-17-9-12(14(18)15(19)20-2)11-5-3-4-10(8-16)13(11)17;1-2-4-5-3-1/h3-5,9H,6-8H2,1-2H3;1-4H2. The van der Waals surface area contributed by atoms with Crippen LogP contribution in [0.3, 0.4) is 0 Å². The SMILES string of the molecule is C1CCOC1.COC(=O)C(=O)c1cn2c3c(cccc13)CN(C)CC2. The molecule has 2 aromatic rings. The predicted octanol–water partition coefficient (Wildman–Crippen LogP) is 2.24. The number of nitrogens with zero attached hydrogens (tertiary/aromatic N) is 2. The molecule has 4 rings (SSSR count). The first kappa shape index (κ1) is 17.6. The molecule has 1 aromatic carbocycles. The van der Waals surface area contributed by atoms with Crippen LogP contribution in [0.25, 0.3) is 10.9 Å². The zero-order chi connectivity index (χ0) is 17.8. The maximum absolute atomic E-state index is 12.1. The van der Waals surface area contributed by atoms with Crippen LogP contribution < -0.4 is 0 Å².